The van der Waals surface area contributed by atoms with E-state index in [1.807, 2.05) is 13.0 Å². The molecule has 0 aromatic carbocycles. The summed E-state index contributed by atoms with van der Waals surface area (Å²) in [6, 6.07) is 4.06. The summed E-state index contributed by atoms with van der Waals surface area (Å²) < 4.78 is 23.3. The van der Waals surface area contributed by atoms with Gasteiger partial charge in [-0.3, -0.25) is 0 Å². The Morgan fingerprint density at radius 1 is 1.45 bits per heavy atom. The van der Waals surface area contributed by atoms with E-state index in [0.717, 1.165) is 30.5 Å². The number of sulfone groups is 1. The van der Waals surface area contributed by atoms with Gasteiger partial charge in [0, 0.05) is 5.69 Å². The van der Waals surface area contributed by atoms with E-state index in [9.17, 15) is 13.7 Å². The predicted molar refractivity (Wildman–Crippen MR) is 76.3 cm³/mol. The third-order valence-corrected chi connectivity index (χ3v) is 6.00. The number of aromatic nitrogens is 1. The van der Waals surface area contributed by atoms with Crippen LogP contribution in [0.5, 0.6) is 0 Å². The smallest absolute Gasteiger partial charge is 0.152 e. The predicted octanol–water partition coefficient (Wildman–Crippen LogP) is 1.43. The molecule has 1 atom stereocenters. The highest BCUT2D eigenvalue weighted by atomic mass is 32.2. The van der Waals surface area contributed by atoms with Crippen molar-refractivity contribution in [1.29, 1.82) is 5.26 Å². The maximum atomic E-state index is 11.7. The molecule has 1 saturated heterocycles. The Labute approximate surface area is 118 Å². The molecule has 1 aliphatic carbocycles. The van der Waals surface area contributed by atoms with Crippen LogP contribution in [-0.2, 0) is 22.7 Å². The second-order valence-corrected chi connectivity index (χ2v) is 8.17. The van der Waals surface area contributed by atoms with Crippen LogP contribution in [0.2, 0.25) is 0 Å². The molecule has 1 N–H and O–H groups in total. The third-order valence-electron chi connectivity index (χ3n) is 4.09. The van der Waals surface area contributed by atoms with Crippen molar-refractivity contribution < 1.29 is 8.42 Å². The molecule has 3 rings (SSSR count). The van der Waals surface area contributed by atoms with E-state index in [0.29, 0.717) is 17.8 Å². The van der Waals surface area contributed by atoms with Gasteiger partial charge in [0.2, 0.25) is 0 Å². The lowest BCUT2D eigenvalue weighted by molar-refractivity contribution is 0.571. The van der Waals surface area contributed by atoms with Crippen LogP contribution in [-0.4, -0.2) is 30.4 Å². The van der Waals surface area contributed by atoms with Gasteiger partial charge >= 0.3 is 0 Å². The van der Waals surface area contributed by atoms with Crippen LogP contribution in [0.4, 0.5) is 5.82 Å². The highest BCUT2D eigenvalue weighted by Gasteiger charge is 2.39. The van der Waals surface area contributed by atoms with E-state index >= 15 is 0 Å². The van der Waals surface area contributed by atoms with Crippen molar-refractivity contribution >= 4 is 15.7 Å². The maximum Gasteiger partial charge on any atom is 0.152 e. The fourth-order valence-corrected chi connectivity index (χ4v) is 5.14. The van der Waals surface area contributed by atoms with Gasteiger partial charge in [-0.2, -0.15) is 5.26 Å². The lowest BCUT2D eigenvalue weighted by Crippen LogP contribution is -2.36. The second kappa shape index (κ2) is 4.45. The molecule has 20 heavy (non-hydrogen) atoms. The Morgan fingerprint density at radius 3 is 2.90 bits per heavy atom. The third kappa shape index (κ3) is 2.38. The van der Waals surface area contributed by atoms with Crippen LogP contribution in [0.15, 0.2) is 6.07 Å². The minimum atomic E-state index is -2.98. The van der Waals surface area contributed by atoms with Crippen molar-refractivity contribution in [3.05, 3.63) is 22.9 Å². The number of pyridine rings is 1. The summed E-state index contributed by atoms with van der Waals surface area (Å²) >= 11 is 0. The first-order valence-corrected chi connectivity index (χ1v) is 8.64. The van der Waals surface area contributed by atoms with Gasteiger partial charge in [0.05, 0.1) is 22.6 Å². The van der Waals surface area contributed by atoms with E-state index in [-0.39, 0.29) is 11.5 Å². The van der Waals surface area contributed by atoms with E-state index in [1.54, 1.807) is 0 Å². The van der Waals surface area contributed by atoms with Crippen LogP contribution in [0, 0.1) is 11.3 Å². The van der Waals surface area contributed by atoms with E-state index < -0.39 is 15.4 Å². The average Bonchev–Trinajstić information content (AvgIpc) is 2.92. The highest BCUT2D eigenvalue weighted by Crippen LogP contribution is 2.30. The maximum absolute atomic E-state index is 11.7. The first kappa shape index (κ1) is 13.4. The summed E-state index contributed by atoms with van der Waals surface area (Å²) in [5.41, 5.74) is 2.17. The highest BCUT2D eigenvalue weighted by molar-refractivity contribution is 7.91. The Morgan fingerprint density at radius 2 is 2.25 bits per heavy atom. The molecule has 2 heterocycles. The van der Waals surface area contributed by atoms with Gasteiger partial charge in [-0.15, -0.1) is 0 Å². The quantitative estimate of drug-likeness (QED) is 0.891. The molecule has 1 aromatic rings. The topological polar surface area (TPSA) is 82.8 Å². The zero-order valence-electron chi connectivity index (χ0n) is 11.4. The van der Waals surface area contributed by atoms with Crippen molar-refractivity contribution in [3.63, 3.8) is 0 Å². The fraction of sp³-hybridized carbons (Fsp3) is 0.571. The first-order chi connectivity index (χ1) is 9.41. The lowest BCUT2D eigenvalue weighted by atomic mass is 10.0. The number of hydrogen-bond donors (Lipinski definition) is 1. The van der Waals surface area contributed by atoms with Crippen molar-refractivity contribution in [2.45, 2.75) is 38.1 Å². The summed E-state index contributed by atoms with van der Waals surface area (Å²) in [5.74, 6) is 0.834. The van der Waals surface area contributed by atoms with E-state index in [4.69, 9.17) is 0 Å². The van der Waals surface area contributed by atoms with Crippen LogP contribution in [0.25, 0.3) is 0 Å². The summed E-state index contributed by atoms with van der Waals surface area (Å²) in [4.78, 5) is 4.55. The SMILES string of the molecule is CC1(Nc2nc3c(cc2C#N)CCC3)CCS(=O)(=O)C1. The van der Waals surface area contributed by atoms with E-state index in [2.05, 4.69) is 16.4 Å². The van der Waals surface area contributed by atoms with Gasteiger partial charge in [0.15, 0.2) is 9.84 Å². The molecule has 2 aliphatic rings. The standard InChI is InChI=1S/C14H17N3O2S/c1-14(5-6-20(18,19)9-14)17-13-11(8-15)7-10-3-2-4-12(10)16-13/h7H,2-6,9H2,1H3,(H,16,17). The molecule has 1 aliphatic heterocycles. The number of nitrogens with zero attached hydrogens (tertiary/aromatic N) is 2. The van der Waals surface area contributed by atoms with Crippen molar-refractivity contribution in [2.24, 2.45) is 0 Å². The number of aryl methyl sites for hydroxylation is 2. The average molecular weight is 291 g/mol. The second-order valence-electron chi connectivity index (χ2n) is 5.98. The molecule has 0 saturated carbocycles. The van der Waals surface area contributed by atoms with E-state index in [1.165, 1.54) is 0 Å². The van der Waals surface area contributed by atoms with Gasteiger partial charge < -0.3 is 5.32 Å². The van der Waals surface area contributed by atoms with Crippen LogP contribution < -0.4 is 5.32 Å². The lowest BCUT2D eigenvalue weighted by Gasteiger charge is -2.25. The molecule has 106 valence electrons. The zero-order chi connectivity index (χ0) is 14.4. The molecule has 0 spiro atoms. The van der Waals surface area contributed by atoms with Gasteiger partial charge in [-0.05, 0) is 44.2 Å². The minimum absolute atomic E-state index is 0.101. The summed E-state index contributed by atoms with van der Waals surface area (Å²) in [6.07, 6.45) is 3.54. The van der Waals surface area contributed by atoms with Gasteiger partial charge in [0.25, 0.3) is 0 Å². The summed E-state index contributed by atoms with van der Waals surface area (Å²) in [7, 11) is -2.98. The van der Waals surface area contributed by atoms with Gasteiger partial charge in [-0.1, -0.05) is 0 Å². The number of fused-ring (bicyclic) bond motifs is 1. The normalized spacial score (nSPS) is 27.0. The van der Waals surface area contributed by atoms with Crippen LogP contribution >= 0.6 is 0 Å². The summed E-state index contributed by atoms with van der Waals surface area (Å²) in [6.45, 7) is 1.88. The Hall–Kier alpha value is -1.61. The van der Waals surface area contributed by atoms with Crippen LogP contribution in [0.3, 0.4) is 0 Å². The van der Waals surface area contributed by atoms with Crippen molar-refractivity contribution in [1.82, 2.24) is 4.98 Å². The number of nitriles is 1. The molecule has 1 fully saturated rings. The number of nitrogens with one attached hydrogen (secondary N) is 1. The number of rotatable bonds is 2. The molecule has 5 nitrogen and oxygen atoms in total. The molecule has 6 heteroatoms. The molecule has 1 unspecified atom stereocenters. The van der Waals surface area contributed by atoms with Gasteiger partial charge in [0.1, 0.15) is 11.9 Å². The largest absolute Gasteiger partial charge is 0.363 e. The minimum Gasteiger partial charge on any atom is -0.363 e. The number of anilines is 1. The van der Waals surface area contributed by atoms with Gasteiger partial charge in [-0.25, -0.2) is 13.4 Å². The Kier molecular flexibility index (Phi) is 2.98. The fourth-order valence-electron chi connectivity index (χ4n) is 3.05. The van der Waals surface area contributed by atoms with Crippen LogP contribution in [0.1, 0.15) is 36.6 Å². The summed E-state index contributed by atoms with van der Waals surface area (Å²) in [5, 5.41) is 12.5. The molecule has 0 radical (unpaired) electrons. The van der Waals surface area contributed by atoms with Crippen molar-refractivity contribution in [2.75, 3.05) is 16.8 Å². The van der Waals surface area contributed by atoms with Crippen molar-refractivity contribution in [3.8, 4) is 6.07 Å². The molecule has 0 amide bonds. The molecule has 0 bridgehead atoms. The molecule has 1 aromatic heterocycles. The molecular formula is C14H17N3O2S. The first-order valence-electron chi connectivity index (χ1n) is 6.82. The Bertz CT molecular complexity index is 706. The number of hydrogen-bond acceptors (Lipinski definition) is 5. The monoisotopic (exact) mass is 291 g/mol. The Balaban J connectivity index is 1.94. The molecular weight excluding hydrogens is 274 g/mol. The zero-order valence-corrected chi connectivity index (χ0v) is 12.3.